The first-order chi connectivity index (χ1) is 7.44. The number of hydrogen-bond acceptors (Lipinski definition) is 3. The maximum Gasteiger partial charge on any atom is 0.313 e. The zero-order chi connectivity index (χ0) is 12.6. The highest BCUT2D eigenvalue weighted by molar-refractivity contribution is 5.76. The molecule has 0 radical (unpaired) electrons. The summed E-state index contributed by atoms with van der Waals surface area (Å²) in [6.07, 6.45) is 5.80. The standard InChI is InChI=1S/C13H27NO2/c1-5-6-7-8-9-11(2)16-12(15)13(3,4)10-14/h11H,5-10,14H2,1-4H3. The van der Waals surface area contributed by atoms with Gasteiger partial charge in [0.05, 0.1) is 11.5 Å². The average molecular weight is 229 g/mol. The Labute approximate surface area is 99.7 Å². The molecule has 0 heterocycles. The van der Waals surface area contributed by atoms with Crippen molar-refractivity contribution < 1.29 is 9.53 Å². The molecule has 0 aromatic rings. The van der Waals surface area contributed by atoms with E-state index >= 15 is 0 Å². The van der Waals surface area contributed by atoms with E-state index in [-0.39, 0.29) is 12.1 Å². The van der Waals surface area contributed by atoms with Crippen LogP contribution in [-0.2, 0) is 9.53 Å². The minimum absolute atomic E-state index is 0.00943. The summed E-state index contributed by atoms with van der Waals surface area (Å²) in [5, 5.41) is 0. The fraction of sp³-hybridized carbons (Fsp3) is 0.923. The average Bonchev–Trinajstić information content (AvgIpc) is 2.24. The first-order valence-corrected chi connectivity index (χ1v) is 6.35. The first-order valence-electron chi connectivity index (χ1n) is 6.35. The minimum atomic E-state index is -0.558. The Kier molecular flexibility index (Phi) is 7.39. The third kappa shape index (κ3) is 6.11. The van der Waals surface area contributed by atoms with Gasteiger partial charge in [0.25, 0.3) is 0 Å². The molecule has 0 bridgehead atoms. The van der Waals surface area contributed by atoms with Gasteiger partial charge in [-0.25, -0.2) is 0 Å². The number of nitrogens with two attached hydrogens (primary N) is 1. The van der Waals surface area contributed by atoms with Gasteiger partial charge in [-0.2, -0.15) is 0 Å². The highest BCUT2D eigenvalue weighted by Gasteiger charge is 2.28. The van der Waals surface area contributed by atoms with Gasteiger partial charge in [-0.15, -0.1) is 0 Å². The summed E-state index contributed by atoms with van der Waals surface area (Å²) in [5.41, 5.74) is 4.96. The number of carbonyl (C=O) groups excluding carboxylic acids is 1. The third-order valence-electron chi connectivity index (χ3n) is 2.84. The van der Waals surface area contributed by atoms with Crippen molar-refractivity contribution in [1.82, 2.24) is 0 Å². The number of rotatable bonds is 8. The van der Waals surface area contributed by atoms with Crippen LogP contribution in [0.2, 0.25) is 0 Å². The lowest BCUT2D eigenvalue weighted by atomic mass is 9.94. The zero-order valence-electron chi connectivity index (χ0n) is 11.2. The van der Waals surface area contributed by atoms with Crippen molar-refractivity contribution in [2.75, 3.05) is 6.54 Å². The summed E-state index contributed by atoms with van der Waals surface area (Å²) < 4.78 is 5.37. The molecular formula is C13H27NO2. The summed E-state index contributed by atoms with van der Waals surface area (Å²) in [6.45, 7) is 8.11. The van der Waals surface area contributed by atoms with Crippen LogP contribution >= 0.6 is 0 Å². The monoisotopic (exact) mass is 229 g/mol. The molecule has 1 atom stereocenters. The normalized spacial score (nSPS) is 13.6. The molecule has 16 heavy (non-hydrogen) atoms. The maximum atomic E-state index is 11.7. The van der Waals surface area contributed by atoms with Gasteiger partial charge < -0.3 is 10.5 Å². The van der Waals surface area contributed by atoms with Crippen LogP contribution in [0, 0.1) is 5.41 Å². The molecule has 0 aliphatic carbocycles. The van der Waals surface area contributed by atoms with Gasteiger partial charge in [0.2, 0.25) is 0 Å². The van der Waals surface area contributed by atoms with Crippen LogP contribution in [-0.4, -0.2) is 18.6 Å². The molecule has 0 amide bonds. The highest BCUT2D eigenvalue weighted by atomic mass is 16.5. The molecule has 0 spiro atoms. The molecule has 0 rings (SSSR count). The smallest absolute Gasteiger partial charge is 0.313 e. The number of esters is 1. The molecular weight excluding hydrogens is 202 g/mol. The fourth-order valence-corrected chi connectivity index (χ4v) is 1.34. The summed E-state index contributed by atoms with van der Waals surface area (Å²) in [5.74, 6) is -0.182. The Balaban J connectivity index is 3.78. The number of hydrogen-bond donors (Lipinski definition) is 1. The molecule has 2 N–H and O–H groups in total. The fourth-order valence-electron chi connectivity index (χ4n) is 1.34. The van der Waals surface area contributed by atoms with E-state index in [0.29, 0.717) is 6.54 Å². The molecule has 0 saturated carbocycles. The van der Waals surface area contributed by atoms with Crippen molar-refractivity contribution in [3.63, 3.8) is 0 Å². The van der Waals surface area contributed by atoms with E-state index in [1.807, 2.05) is 20.8 Å². The third-order valence-corrected chi connectivity index (χ3v) is 2.84. The van der Waals surface area contributed by atoms with Gasteiger partial charge in [0.15, 0.2) is 0 Å². The predicted molar refractivity (Wildman–Crippen MR) is 67.1 cm³/mol. The Bertz CT molecular complexity index is 202. The lowest BCUT2D eigenvalue weighted by Gasteiger charge is -2.23. The van der Waals surface area contributed by atoms with Crippen LogP contribution in [0.4, 0.5) is 0 Å². The van der Waals surface area contributed by atoms with E-state index in [1.54, 1.807) is 0 Å². The van der Waals surface area contributed by atoms with Crippen molar-refractivity contribution >= 4 is 5.97 Å². The summed E-state index contributed by atoms with van der Waals surface area (Å²) >= 11 is 0. The summed E-state index contributed by atoms with van der Waals surface area (Å²) in [6, 6.07) is 0. The quantitative estimate of drug-likeness (QED) is 0.514. The van der Waals surface area contributed by atoms with Crippen LogP contribution < -0.4 is 5.73 Å². The second-order valence-corrected chi connectivity index (χ2v) is 5.15. The minimum Gasteiger partial charge on any atom is -0.462 e. The van der Waals surface area contributed by atoms with E-state index in [0.717, 1.165) is 12.8 Å². The van der Waals surface area contributed by atoms with E-state index in [9.17, 15) is 4.79 Å². The van der Waals surface area contributed by atoms with Crippen molar-refractivity contribution in [3.05, 3.63) is 0 Å². The zero-order valence-corrected chi connectivity index (χ0v) is 11.2. The van der Waals surface area contributed by atoms with Gasteiger partial charge in [-0.05, 0) is 33.6 Å². The SMILES string of the molecule is CCCCCCC(C)OC(=O)C(C)(C)CN. The van der Waals surface area contributed by atoms with E-state index < -0.39 is 5.41 Å². The number of unbranched alkanes of at least 4 members (excludes halogenated alkanes) is 3. The number of ether oxygens (including phenoxy) is 1. The molecule has 3 nitrogen and oxygen atoms in total. The van der Waals surface area contributed by atoms with Crippen LogP contribution in [0.3, 0.4) is 0 Å². The van der Waals surface area contributed by atoms with Crippen LogP contribution in [0.5, 0.6) is 0 Å². The molecule has 0 aromatic heterocycles. The largest absolute Gasteiger partial charge is 0.462 e. The van der Waals surface area contributed by atoms with Gasteiger partial charge in [-0.1, -0.05) is 26.2 Å². The van der Waals surface area contributed by atoms with Crippen molar-refractivity contribution in [2.24, 2.45) is 11.1 Å². The summed E-state index contributed by atoms with van der Waals surface area (Å²) in [4.78, 5) is 11.7. The number of carbonyl (C=O) groups is 1. The molecule has 96 valence electrons. The Morgan fingerprint density at radius 3 is 2.44 bits per heavy atom. The maximum absolute atomic E-state index is 11.7. The predicted octanol–water partition coefficient (Wildman–Crippen LogP) is 2.87. The van der Waals surface area contributed by atoms with E-state index in [4.69, 9.17) is 10.5 Å². The Morgan fingerprint density at radius 2 is 1.94 bits per heavy atom. The Hall–Kier alpha value is -0.570. The lowest BCUT2D eigenvalue weighted by molar-refractivity contribution is -0.158. The van der Waals surface area contributed by atoms with Gasteiger partial charge >= 0.3 is 5.97 Å². The topological polar surface area (TPSA) is 52.3 Å². The summed E-state index contributed by atoms with van der Waals surface area (Å²) in [7, 11) is 0. The van der Waals surface area contributed by atoms with Crippen molar-refractivity contribution in [2.45, 2.75) is 65.9 Å². The molecule has 0 aromatic carbocycles. The molecule has 0 aliphatic rings. The van der Waals surface area contributed by atoms with Crippen molar-refractivity contribution in [3.8, 4) is 0 Å². The molecule has 1 unspecified atom stereocenters. The molecule has 0 saturated heterocycles. The van der Waals surface area contributed by atoms with Gasteiger partial charge in [0.1, 0.15) is 0 Å². The lowest BCUT2D eigenvalue weighted by Crippen LogP contribution is -2.36. The van der Waals surface area contributed by atoms with Crippen LogP contribution in [0.1, 0.15) is 59.8 Å². The molecule has 0 aliphatic heterocycles. The molecule has 3 heteroatoms. The van der Waals surface area contributed by atoms with Gasteiger partial charge in [0, 0.05) is 6.54 Å². The van der Waals surface area contributed by atoms with E-state index in [1.165, 1.54) is 19.3 Å². The second kappa shape index (κ2) is 7.66. The van der Waals surface area contributed by atoms with E-state index in [2.05, 4.69) is 6.92 Å². The van der Waals surface area contributed by atoms with Crippen molar-refractivity contribution in [1.29, 1.82) is 0 Å². The molecule has 0 fully saturated rings. The highest BCUT2D eigenvalue weighted by Crippen LogP contribution is 2.17. The van der Waals surface area contributed by atoms with Crippen LogP contribution in [0.25, 0.3) is 0 Å². The Morgan fingerprint density at radius 1 is 1.31 bits per heavy atom. The first kappa shape index (κ1) is 15.4. The van der Waals surface area contributed by atoms with Gasteiger partial charge in [-0.3, -0.25) is 4.79 Å². The van der Waals surface area contributed by atoms with Crippen LogP contribution in [0.15, 0.2) is 0 Å². The second-order valence-electron chi connectivity index (χ2n) is 5.15.